The number of halogens is 1. The van der Waals surface area contributed by atoms with E-state index in [9.17, 15) is 14.9 Å². The van der Waals surface area contributed by atoms with E-state index in [0.717, 1.165) is 6.20 Å². The van der Waals surface area contributed by atoms with E-state index in [0.29, 0.717) is 0 Å². The lowest BCUT2D eigenvalue weighted by molar-refractivity contribution is -0.389. The van der Waals surface area contributed by atoms with Crippen LogP contribution in [0.25, 0.3) is 0 Å². The molecule has 1 N–H and O–H groups in total. The van der Waals surface area contributed by atoms with Gasteiger partial charge in [-0.3, -0.25) is 0 Å². The molecule has 0 aliphatic rings. The van der Waals surface area contributed by atoms with Gasteiger partial charge in [-0.15, -0.1) is 0 Å². The summed E-state index contributed by atoms with van der Waals surface area (Å²) in [4.78, 5) is 23.2. The van der Waals surface area contributed by atoms with Crippen molar-refractivity contribution in [2.24, 2.45) is 0 Å². The maximum absolute atomic E-state index is 10.5. The van der Waals surface area contributed by atoms with Crippen LogP contribution in [0, 0.1) is 10.1 Å². The normalized spacial score (nSPS) is 9.62. The quantitative estimate of drug-likeness (QED) is 0.577. The van der Waals surface area contributed by atoms with E-state index >= 15 is 0 Å². The molecule has 0 aromatic carbocycles. The van der Waals surface area contributed by atoms with Crippen molar-refractivity contribution >= 4 is 23.4 Å². The van der Waals surface area contributed by atoms with E-state index in [-0.39, 0.29) is 5.02 Å². The Hall–Kier alpha value is -1.69. The van der Waals surface area contributed by atoms with Gasteiger partial charge in [-0.05, 0) is 9.91 Å². The summed E-state index contributed by atoms with van der Waals surface area (Å²) < 4.78 is 0. The van der Waals surface area contributed by atoms with Gasteiger partial charge in [0.25, 0.3) is 0 Å². The molecule has 1 rings (SSSR count). The van der Waals surface area contributed by atoms with Crippen molar-refractivity contribution in [2.45, 2.75) is 0 Å². The number of hydrogen-bond donors (Lipinski definition) is 1. The third-order valence-electron chi connectivity index (χ3n) is 1.27. The predicted molar refractivity (Wildman–Crippen MR) is 42.9 cm³/mol. The molecule has 0 saturated carbocycles. The lowest BCUT2D eigenvalue weighted by Gasteiger charge is -1.97. The molecule has 0 aliphatic heterocycles. The predicted octanol–water partition coefficient (Wildman–Crippen LogP) is 1.34. The highest BCUT2D eigenvalue weighted by Gasteiger charge is 2.24. The van der Waals surface area contributed by atoms with Gasteiger partial charge in [0.1, 0.15) is 6.20 Å². The van der Waals surface area contributed by atoms with Gasteiger partial charge in [0.2, 0.25) is 0 Å². The number of carboxylic acid groups (broad SMARTS) is 1. The van der Waals surface area contributed by atoms with Gasteiger partial charge in [0.15, 0.2) is 5.56 Å². The van der Waals surface area contributed by atoms with E-state index in [1.165, 1.54) is 6.07 Å². The molecule has 0 bridgehead atoms. The van der Waals surface area contributed by atoms with Crippen LogP contribution < -0.4 is 0 Å². The van der Waals surface area contributed by atoms with Gasteiger partial charge in [0.05, 0.1) is 5.02 Å². The number of rotatable bonds is 2. The van der Waals surface area contributed by atoms with Crippen molar-refractivity contribution in [1.29, 1.82) is 0 Å². The van der Waals surface area contributed by atoms with Gasteiger partial charge >= 0.3 is 11.8 Å². The molecule has 1 aromatic heterocycles. The van der Waals surface area contributed by atoms with Crippen molar-refractivity contribution in [3.05, 3.63) is 33.0 Å². The summed E-state index contributed by atoms with van der Waals surface area (Å²) in [5.41, 5.74) is -0.589. The standard InChI is InChI=1S/C6H3ClN2O4/c7-3-1-2-8-5(9(12)13)4(3)6(10)11/h1-2H,(H,10,11). The van der Waals surface area contributed by atoms with Crippen LogP contribution in [0.15, 0.2) is 12.3 Å². The molecule has 7 heteroatoms. The molecule has 0 unspecified atom stereocenters. The minimum atomic E-state index is -1.47. The summed E-state index contributed by atoms with van der Waals surface area (Å²) in [6, 6.07) is 1.18. The molecule has 6 nitrogen and oxygen atoms in total. The lowest BCUT2D eigenvalue weighted by Crippen LogP contribution is -2.05. The molecule has 1 heterocycles. The van der Waals surface area contributed by atoms with E-state index in [4.69, 9.17) is 16.7 Å². The number of carboxylic acids is 1. The highest BCUT2D eigenvalue weighted by molar-refractivity contribution is 6.33. The van der Waals surface area contributed by atoms with Crippen LogP contribution in [0.2, 0.25) is 5.02 Å². The fourth-order valence-corrected chi connectivity index (χ4v) is 0.986. The molecule has 13 heavy (non-hydrogen) atoms. The van der Waals surface area contributed by atoms with Gasteiger partial charge in [-0.1, -0.05) is 11.6 Å². The van der Waals surface area contributed by atoms with E-state index in [1.807, 2.05) is 0 Å². The first kappa shape index (κ1) is 9.40. The number of carbonyl (C=O) groups is 1. The van der Waals surface area contributed by atoms with E-state index in [2.05, 4.69) is 4.98 Å². The average molecular weight is 203 g/mol. The second-order valence-corrected chi connectivity index (χ2v) is 2.46. The molecule has 0 fully saturated rings. The minimum Gasteiger partial charge on any atom is -0.477 e. The Morgan fingerprint density at radius 1 is 1.69 bits per heavy atom. The Morgan fingerprint density at radius 3 is 2.69 bits per heavy atom. The molecule has 0 radical (unpaired) electrons. The molecule has 0 spiro atoms. The number of nitro groups is 1. The maximum atomic E-state index is 10.5. The van der Waals surface area contributed by atoms with Crippen LogP contribution in [0.4, 0.5) is 5.82 Å². The Bertz CT molecular complexity index is 379. The molecule has 0 saturated heterocycles. The summed E-state index contributed by atoms with van der Waals surface area (Å²) >= 11 is 5.44. The zero-order valence-electron chi connectivity index (χ0n) is 6.10. The molecule has 68 valence electrons. The molecule has 0 amide bonds. The lowest BCUT2D eigenvalue weighted by atomic mass is 10.2. The van der Waals surface area contributed by atoms with Crippen molar-refractivity contribution in [3.63, 3.8) is 0 Å². The summed E-state index contributed by atoms with van der Waals surface area (Å²) in [5.74, 6) is -2.22. The minimum absolute atomic E-state index is 0.200. The van der Waals surface area contributed by atoms with Crippen molar-refractivity contribution in [3.8, 4) is 0 Å². The van der Waals surface area contributed by atoms with Gasteiger partial charge in [-0.25, -0.2) is 4.79 Å². The highest BCUT2D eigenvalue weighted by atomic mass is 35.5. The second-order valence-electron chi connectivity index (χ2n) is 2.05. The number of aromatic carboxylic acids is 1. The summed E-state index contributed by atoms with van der Waals surface area (Å²) in [6.45, 7) is 0. The highest BCUT2D eigenvalue weighted by Crippen LogP contribution is 2.23. The number of hydrogen-bond acceptors (Lipinski definition) is 4. The Balaban J connectivity index is 3.43. The van der Waals surface area contributed by atoms with Crippen molar-refractivity contribution < 1.29 is 14.8 Å². The van der Waals surface area contributed by atoms with Crippen LogP contribution in [0.1, 0.15) is 10.4 Å². The van der Waals surface area contributed by atoms with Gasteiger partial charge in [0, 0.05) is 6.07 Å². The largest absolute Gasteiger partial charge is 0.477 e. The fourth-order valence-electron chi connectivity index (χ4n) is 0.764. The summed E-state index contributed by atoms with van der Waals surface area (Å²) in [7, 11) is 0. The zero-order valence-corrected chi connectivity index (χ0v) is 6.85. The van der Waals surface area contributed by atoms with Crippen LogP contribution in [0.3, 0.4) is 0 Å². The second kappa shape index (κ2) is 3.36. The first-order valence-electron chi connectivity index (χ1n) is 3.06. The van der Waals surface area contributed by atoms with E-state index in [1.54, 1.807) is 0 Å². The van der Waals surface area contributed by atoms with Crippen LogP contribution in [-0.2, 0) is 0 Å². The third kappa shape index (κ3) is 1.73. The third-order valence-corrected chi connectivity index (χ3v) is 1.58. The van der Waals surface area contributed by atoms with Gasteiger partial charge < -0.3 is 15.2 Å². The smallest absolute Gasteiger partial charge is 0.379 e. The first-order valence-corrected chi connectivity index (χ1v) is 3.44. The van der Waals surface area contributed by atoms with Crippen molar-refractivity contribution in [2.75, 3.05) is 0 Å². The first-order chi connectivity index (χ1) is 6.04. The average Bonchev–Trinajstić information content (AvgIpc) is 2.02. The number of pyridine rings is 1. The summed E-state index contributed by atoms with van der Waals surface area (Å²) in [5, 5.41) is 18.7. The Labute approximate surface area is 76.9 Å². The molecule has 0 atom stereocenters. The fraction of sp³-hybridized carbons (Fsp3) is 0. The molecular weight excluding hydrogens is 200 g/mol. The number of nitrogens with zero attached hydrogens (tertiary/aromatic N) is 2. The SMILES string of the molecule is O=C(O)c1c(Cl)ccnc1[N+](=O)[O-]. The maximum Gasteiger partial charge on any atom is 0.379 e. The van der Waals surface area contributed by atoms with E-state index < -0.39 is 22.3 Å². The summed E-state index contributed by atoms with van der Waals surface area (Å²) in [6.07, 6.45) is 1.08. The molecule has 1 aromatic rings. The van der Waals surface area contributed by atoms with Crippen LogP contribution in [0.5, 0.6) is 0 Å². The number of aromatic nitrogens is 1. The topological polar surface area (TPSA) is 93.3 Å². The zero-order chi connectivity index (χ0) is 10.0. The van der Waals surface area contributed by atoms with Crippen molar-refractivity contribution in [1.82, 2.24) is 4.98 Å². The molecule has 0 aliphatic carbocycles. The molecular formula is C6H3ClN2O4. The Morgan fingerprint density at radius 2 is 2.31 bits per heavy atom. The monoisotopic (exact) mass is 202 g/mol. The van der Waals surface area contributed by atoms with Gasteiger partial charge in [-0.2, -0.15) is 0 Å². The van der Waals surface area contributed by atoms with Crippen LogP contribution >= 0.6 is 11.6 Å². The van der Waals surface area contributed by atoms with Crippen LogP contribution in [-0.4, -0.2) is 21.0 Å². The Kier molecular flexibility index (Phi) is 2.43.